The van der Waals surface area contributed by atoms with Gasteiger partial charge in [0, 0.05) is 25.9 Å². The lowest BCUT2D eigenvalue weighted by Gasteiger charge is -2.09. The third-order valence-electron chi connectivity index (χ3n) is 3.47. The number of ether oxygens (including phenoxy) is 1. The molecule has 0 spiro atoms. The molecule has 1 aromatic rings. The molecule has 8 heteroatoms. The van der Waals surface area contributed by atoms with Crippen LogP contribution in [0, 0.1) is 0 Å². The maximum absolute atomic E-state index is 12.1. The Labute approximate surface area is 126 Å². The number of likely N-dealkylation sites (N-methyl/N-ethyl adjacent to an activating group) is 1. The summed E-state index contributed by atoms with van der Waals surface area (Å²) in [5, 5.41) is 7.24. The van der Waals surface area contributed by atoms with Crippen molar-refractivity contribution in [3.8, 4) is 0 Å². The second-order valence-corrected chi connectivity index (χ2v) is 6.88. The van der Waals surface area contributed by atoms with Crippen molar-refractivity contribution in [3.63, 3.8) is 0 Å². The zero-order chi connectivity index (χ0) is 15.1. The maximum Gasteiger partial charge on any atom is 0.243 e. The molecule has 0 bridgehead atoms. The largest absolute Gasteiger partial charge is 0.378 e. The van der Waals surface area contributed by atoms with Gasteiger partial charge in [-0.1, -0.05) is 6.92 Å². The molecule has 21 heavy (non-hydrogen) atoms. The number of nitrogens with zero attached hydrogens (tertiary/aromatic N) is 2. The zero-order valence-corrected chi connectivity index (χ0v) is 13.2. The van der Waals surface area contributed by atoms with Crippen molar-refractivity contribution in [2.45, 2.75) is 43.7 Å². The minimum absolute atomic E-state index is 0.190. The molecular weight excluding hydrogens is 292 g/mol. The van der Waals surface area contributed by atoms with Crippen LogP contribution in [0.2, 0.25) is 0 Å². The summed E-state index contributed by atoms with van der Waals surface area (Å²) in [5.41, 5.74) is 0. The Hall–Kier alpha value is -0.960. The fourth-order valence-electron chi connectivity index (χ4n) is 2.29. The minimum atomic E-state index is -3.47. The lowest BCUT2D eigenvalue weighted by Crippen LogP contribution is -2.27. The van der Waals surface area contributed by atoms with E-state index in [9.17, 15) is 8.42 Å². The number of aromatic nitrogens is 2. The van der Waals surface area contributed by atoms with E-state index in [0.29, 0.717) is 19.5 Å². The quantitative estimate of drug-likeness (QED) is 0.642. The van der Waals surface area contributed by atoms with Crippen molar-refractivity contribution in [2.75, 3.05) is 26.2 Å². The summed E-state index contributed by atoms with van der Waals surface area (Å²) >= 11 is 0. The molecule has 2 N–H and O–H groups in total. The van der Waals surface area contributed by atoms with Gasteiger partial charge in [-0.25, -0.2) is 13.1 Å². The van der Waals surface area contributed by atoms with Gasteiger partial charge >= 0.3 is 0 Å². The van der Waals surface area contributed by atoms with E-state index in [1.807, 2.05) is 6.92 Å². The SMILES string of the molecule is CCNCCn1cc(S(=O)(=O)NCCC2CCCO2)cn1. The van der Waals surface area contributed by atoms with Gasteiger partial charge in [0.1, 0.15) is 4.90 Å². The summed E-state index contributed by atoms with van der Waals surface area (Å²) < 4.78 is 34.0. The zero-order valence-electron chi connectivity index (χ0n) is 12.4. The van der Waals surface area contributed by atoms with Crippen molar-refractivity contribution >= 4 is 10.0 Å². The first kappa shape index (κ1) is 16.4. The molecule has 1 saturated heterocycles. The van der Waals surface area contributed by atoms with Crippen molar-refractivity contribution < 1.29 is 13.2 Å². The molecule has 1 unspecified atom stereocenters. The van der Waals surface area contributed by atoms with Crippen LogP contribution in [0.3, 0.4) is 0 Å². The van der Waals surface area contributed by atoms with Crippen LogP contribution in [-0.4, -0.2) is 50.5 Å². The molecule has 120 valence electrons. The molecule has 0 amide bonds. The second-order valence-electron chi connectivity index (χ2n) is 5.11. The fraction of sp³-hybridized carbons (Fsp3) is 0.769. The number of hydrogen-bond donors (Lipinski definition) is 2. The first-order chi connectivity index (χ1) is 10.1. The van der Waals surface area contributed by atoms with E-state index < -0.39 is 10.0 Å². The molecule has 1 aliphatic rings. The first-order valence-corrected chi connectivity index (χ1v) is 8.94. The highest BCUT2D eigenvalue weighted by Gasteiger charge is 2.19. The van der Waals surface area contributed by atoms with Crippen LogP contribution in [0.5, 0.6) is 0 Å². The molecule has 1 aliphatic heterocycles. The Balaban J connectivity index is 1.80. The van der Waals surface area contributed by atoms with E-state index in [1.165, 1.54) is 6.20 Å². The Morgan fingerprint density at radius 2 is 2.33 bits per heavy atom. The Kier molecular flexibility index (Phi) is 6.16. The summed E-state index contributed by atoms with van der Waals surface area (Å²) in [6.07, 6.45) is 5.94. The monoisotopic (exact) mass is 316 g/mol. The van der Waals surface area contributed by atoms with E-state index in [2.05, 4.69) is 15.1 Å². The topological polar surface area (TPSA) is 85.2 Å². The summed E-state index contributed by atoms with van der Waals surface area (Å²) in [4.78, 5) is 0.214. The first-order valence-electron chi connectivity index (χ1n) is 7.46. The van der Waals surface area contributed by atoms with Gasteiger partial charge in [0.05, 0.1) is 18.8 Å². The number of rotatable bonds is 9. The van der Waals surface area contributed by atoms with Crippen LogP contribution in [0.15, 0.2) is 17.3 Å². The third kappa shape index (κ3) is 5.06. The van der Waals surface area contributed by atoms with Crippen LogP contribution in [-0.2, 0) is 21.3 Å². The van der Waals surface area contributed by atoms with Gasteiger partial charge in [0.2, 0.25) is 10.0 Å². The predicted octanol–water partition coefficient (Wildman–Crippen LogP) is 0.340. The number of hydrogen-bond acceptors (Lipinski definition) is 5. The van der Waals surface area contributed by atoms with Crippen LogP contribution >= 0.6 is 0 Å². The summed E-state index contributed by atoms with van der Waals surface area (Å²) in [7, 11) is -3.47. The van der Waals surface area contributed by atoms with Gasteiger partial charge in [-0.15, -0.1) is 0 Å². The molecule has 1 aromatic heterocycles. The number of sulfonamides is 1. The highest BCUT2D eigenvalue weighted by molar-refractivity contribution is 7.89. The molecule has 0 saturated carbocycles. The smallest absolute Gasteiger partial charge is 0.243 e. The summed E-state index contributed by atoms with van der Waals surface area (Å²) in [6.45, 7) is 5.52. The van der Waals surface area contributed by atoms with Gasteiger partial charge in [0.15, 0.2) is 0 Å². The van der Waals surface area contributed by atoms with Gasteiger partial charge < -0.3 is 10.1 Å². The molecule has 2 heterocycles. The van der Waals surface area contributed by atoms with Crippen molar-refractivity contribution in [1.29, 1.82) is 0 Å². The van der Waals surface area contributed by atoms with E-state index in [0.717, 1.165) is 32.5 Å². The Bertz CT molecular complexity index is 523. The second kappa shape index (κ2) is 7.88. The molecule has 2 rings (SSSR count). The molecule has 0 aromatic carbocycles. The van der Waals surface area contributed by atoms with Gasteiger partial charge in [0.25, 0.3) is 0 Å². The molecule has 0 aliphatic carbocycles. The van der Waals surface area contributed by atoms with Gasteiger partial charge in [-0.3, -0.25) is 4.68 Å². The third-order valence-corrected chi connectivity index (χ3v) is 4.89. The van der Waals surface area contributed by atoms with E-state index >= 15 is 0 Å². The Morgan fingerprint density at radius 3 is 3.05 bits per heavy atom. The minimum Gasteiger partial charge on any atom is -0.378 e. The van der Waals surface area contributed by atoms with Crippen LogP contribution in [0.4, 0.5) is 0 Å². The Morgan fingerprint density at radius 1 is 1.48 bits per heavy atom. The normalized spacial score (nSPS) is 19.2. The van der Waals surface area contributed by atoms with Crippen LogP contribution in [0.1, 0.15) is 26.2 Å². The van der Waals surface area contributed by atoms with Crippen molar-refractivity contribution in [2.24, 2.45) is 0 Å². The van der Waals surface area contributed by atoms with Crippen LogP contribution < -0.4 is 10.0 Å². The van der Waals surface area contributed by atoms with E-state index in [4.69, 9.17) is 4.74 Å². The van der Waals surface area contributed by atoms with Gasteiger partial charge in [-0.2, -0.15) is 5.10 Å². The highest BCUT2D eigenvalue weighted by atomic mass is 32.2. The fourth-order valence-corrected chi connectivity index (χ4v) is 3.29. The molecule has 0 radical (unpaired) electrons. The van der Waals surface area contributed by atoms with Crippen LogP contribution in [0.25, 0.3) is 0 Å². The average Bonchev–Trinajstić information content (AvgIpc) is 3.10. The summed E-state index contributed by atoms with van der Waals surface area (Å²) in [6, 6.07) is 0. The highest BCUT2D eigenvalue weighted by Crippen LogP contribution is 2.15. The number of nitrogens with one attached hydrogen (secondary N) is 2. The standard InChI is InChI=1S/C13H24N4O3S/c1-2-14-7-8-17-11-13(10-15-17)21(18,19)16-6-5-12-4-3-9-20-12/h10-12,14,16H,2-9H2,1H3. The van der Waals surface area contributed by atoms with Crippen molar-refractivity contribution in [3.05, 3.63) is 12.4 Å². The lowest BCUT2D eigenvalue weighted by atomic mass is 10.2. The van der Waals surface area contributed by atoms with E-state index in [-0.39, 0.29) is 11.0 Å². The molecule has 1 atom stereocenters. The predicted molar refractivity (Wildman–Crippen MR) is 79.6 cm³/mol. The summed E-state index contributed by atoms with van der Waals surface area (Å²) in [5.74, 6) is 0. The maximum atomic E-state index is 12.1. The molecule has 1 fully saturated rings. The van der Waals surface area contributed by atoms with Crippen molar-refractivity contribution in [1.82, 2.24) is 19.8 Å². The lowest BCUT2D eigenvalue weighted by molar-refractivity contribution is 0.105. The molecule has 7 nitrogen and oxygen atoms in total. The molecular formula is C13H24N4O3S. The average molecular weight is 316 g/mol. The van der Waals surface area contributed by atoms with Gasteiger partial charge in [-0.05, 0) is 25.8 Å². The van der Waals surface area contributed by atoms with E-state index in [1.54, 1.807) is 10.9 Å².